The number of nitrogens with zero attached hydrogens (tertiary/aromatic N) is 2. The summed E-state index contributed by atoms with van der Waals surface area (Å²) in [6.07, 6.45) is 0. The molecule has 1 aromatic heterocycles. The second-order valence-corrected chi connectivity index (χ2v) is 5.97. The van der Waals surface area contributed by atoms with Crippen LogP contribution < -0.4 is 0 Å². The summed E-state index contributed by atoms with van der Waals surface area (Å²) in [5.74, 6) is -1.00. The Bertz CT molecular complexity index is 897. The highest BCUT2D eigenvalue weighted by Crippen LogP contribution is 2.35. The summed E-state index contributed by atoms with van der Waals surface area (Å²) in [5.41, 5.74) is 2.48. The Morgan fingerprint density at radius 3 is 2.17 bits per heavy atom. The standard InChI is InChI=1S/C19H11Cl2FN2/c20-15-3-1-4-16(21)19(15)14(11-23)18-6-2-5-17(24-18)12-7-9-13(22)10-8-12/h1-10,14H. The molecule has 0 saturated heterocycles. The van der Waals surface area contributed by atoms with E-state index in [4.69, 9.17) is 23.2 Å². The van der Waals surface area contributed by atoms with E-state index in [0.29, 0.717) is 27.0 Å². The van der Waals surface area contributed by atoms with Crippen molar-refractivity contribution in [3.8, 4) is 17.3 Å². The molecule has 0 aliphatic rings. The zero-order chi connectivity index (χ0) is 17.1. The summed E-state index contributed by atoms with van der Waals surface area (Å²) in [7, 11) is 0. The molecular weight excluding hydrogens is 346 g/mol. The highest BCUT2D eigenvalue weighted by Gasteiger charge is 2.21. The summed E-state index contributed by atoms with van der Waals surface area (Å²) in [5, 5.41) is 10.5. The van der Waals surface area contributed by atoms with Crippen molar-refractivity contribution in [1.82, 2.24) is 4.98 Å². The van der Waals surface area contributed by atoms with E-state index in [1.165, 1.54) is 12.1 Å². The molecule has 0 N–H and O–H groups in total. The van der Waals surface area contributed by atoms with Gasteiger partial charge < -0.3 is 0 Å². The molecule has 1 heterocycles. The molecule has 2 aromatic carbocycles. The summed E-state index contributed by atoms with van der Waals surface area (Å²) in [4.78, 5) is 4.54. The van der Waals surface area contributed by atoms with Crippen molar-refractivity contribution < 1.29 is 4.39 Å². The Kier molecular flexibility index (Phi) is 4.80. The van der Waals surface area contributed by atoms with Crippen LogP contribution in [0.1, 0.15) is 17.2 Å². The first-order chi connectivity index (χ1) is 11.6. The minimum absolute atomic E-state index is 0.312. The highest BCUT2D eigenvalue weighted by molar-refractivity contribution is 6.36. The predicted molar refractivity (Wildman–Crippen MR) is 93.5 cm³/mol. The predicted octanol–water partition coefficient (Wildman–Crippen LogP) is 5.85. The van der Waals surface area contributed by atoms with Crippen molar-refractivity contribution >= 4 is 23.2 Å². The van der Waals surface area contributed by atoms with Crippen LogP contribution >= 0.6 is 23.2 Å². The lowest BCUT2D eigenvalue weighted by molar-refractivity contribution is 0.628. The van der Waals surface area contributed by atoms with Gasteiger partial charge in [0.15, 0.2) is 0 Å². The highest BCUT2D eigenvalue weighted by atomic mass is 35.5. The number of hydrogen-bond acceptors (Lipinski definition) is 2. The van der Waals surface area contributed by atoms with E-state index in [0.717, 1.165) is 5.56 Å². The van der Waals surface area contributed by atoms with Crippen LogP contribution in [0.5, 0.6) is 0 Å². The first-order valence-corrected chi connectivity index (χ1v) is 7.92. The number of pyridine rings is 1. The number of benzene rings is 2. The van der Waals surface area contributed by atoms with Gasteiger partial charge in [0.25, 0.3) is 0 Å². The second-order valence-electron chi connectivity index (χ2n) is 5.15. The summed E-state index contributed by atoms with van der Waals surface area (Å²) in [6, 6.07) is 18.7. The van der Waals surface area contributed by atoms with Crippen molar-refractivity contribution in [2.75, 3.05) is 0 Å². The van der Waals surface area contributed by atoms with Crippen LogP contribution in [-0.4, -0.2) is 4.98 Å². The minimum atomic E-state index is -0.688. The average Bonchev–Trinajstić information content (AvgIpc) is 2.59. The monoisotopic (exact) mass is 356 g/mol. The van der Waals surface area contributed by atoms with E-state index < -0.39 is 5.92 Å². The Morgan fingerprint density at radius 1 is 0.917 bits per heavy atom. The Hall–Kier alpha value is -2.41. The van der Waals surface area contributed by atoms with E-state index in [-0.39, 0.29) is 5.82 Å². The van der Waals surface area contributed by atoms with Crippen LogP contribution in [0.4, 0.5) is 4.39 Å². The van der Waals surface area contributed by atoms with Crippen molar-refractivity contribution in [2.24, 2.45) is 0 Å². The molecule has 24 heavy (non-hydrogen) atoms. The Morgan fingerprint density at radius 2 is 1.54 bits per heavy atom. The molecule has 1 atom stereocenters. The van der Waals surface area contributed by atoms with Crippen molar-refractivity contribution in [1.29, 1.82) is 5.26 Å². The molecule has 3 rings (SSSR count). The van der Waals surface area contributed by atoms with Crippen molar-refractivity contribution in [2.45, 2.75) is 5.92 Å². The fraction of sp³-hybridized carbons (Fsp3) is 0.0526. The van der Waals surface area contributed by atoms with Gasteiger partial charge in [0.2, 0.25) is 0 Å². The fourth-order valence-electron chi connectivity index (χ4n) is 2.46. The molecule has 118 valence electrons. The average molecular weight is 357 g/mol. The number of aromatic nitrogens is 1. The Balaban J connectivity index is 2.07. The van der Waals surface area contributed by atoms with Crippen LogP contribution in [0.15, 0.2) is 60.7 Å². The number of rotatable bonds is 3. The molecular formula is C19H11Cl2FN2. The molecule has 0 radical (unpaired) electrons. The van der Waals surface area contributed by atoms with Gasteiger partial charge in [0, 0.05) is 21.2 Å². The first kappa shape index (κ1) is 16.4. The number of nitriles is 1. The summed E-state index contributed by atoms with van der Waals surface area (Å²) in [6.45, 7) is 0. The van der Waals surface area contributed by atoms with Gasteiger partial charge in [-0.2, -0.15) is 5.26 Å². The van der Waals surface area contributed by atoms with Gasteiger partial charge in [-0.3, -0.25) is 4.98 Å². The first-order valence-electron chi connectivity index (χ1n) is 7.16. The molecule has 0 aliphatic heterocycles. The van der Waals surface area contributed by atoms with Crippen LogP contribution in [0.2, 0.25) is 10.0 Å². The van der Waals surface area contributed by atoms with Gasteiger partial charge in [-0.05, 0) is 48.5 Å². The van der Waals surface area contributed by atoms with E-state index in [9.17, 15) is 9.65 Å². The molecule has 1 unspecified atom stereocenters. The normalized spacial score (nSPS) is 11.8. The van der Waals surface area contributed by atoms with Crippen LogP contribution in [-0.2, 0) is 0 Å². The quantitative estimate of drug-likeness (QED) is 0.590. The molecule has 0 saturated carbocycles. The van der Waals surface area contributed by atoms with Gasteiger partial charge in [-0.25, -0.2) is 4.39 Å². The second kappa shape index (κ2) is 7.00. The van der Waals surface area contributed by atoms with E-state index in [2.05, 4.69) is 11.1 Å². The lowest BCUT2D eigenvalue weighted by Crippen LogP contribution is -2.03. The van der Waals surface area contributed by atoms with Crippen LogP contribution in [0.25, 0.3) is 11.3 Å². The third-order valence-electron chi connectivity index (χ3n) is 3.62. The molecule has 0 amide bonds. The molecule has 5 heteroatoms. The molecule has 2 nitrogen and oxygen atoms in total. The van der Waals surface area contributed by atoms with Gasteiger partial charge >= 0.3 is 0 Å². The molecule has 0 fully saturated rings. The zero-order valence-corrected chi connectivity index (χ0v) is 13.9. The number of halogens is 3. The van der Waals surface area contributed by atoms with Crippen molar-refractivity contribution in [3.05, 3.63) is 87.8 Å². The van der Waals surface area contributed by atoms with Crippen molar-refractivity contribution in [3.63, 3.8) is 0 Å². The molecule has 3 aromatic rings. The van der Waals surface area contributed by atoms with Crippen LogP contribution in [0, 0.1) is 17.1 Å². The van der Waals surface area contributed by atoms with Gasteiger partial charge in [0.05, 0.1) is 17.5 Å². The third-order valence-corrected chi connectivity index (χ3v) is 4.28. The smallest absolute Gasteiger partial charge is 0.123 e. The van der Waals surface area contributed by atoms with Gasteiger partial charge in [0.1, 0.15) is 11.7 Å². The van der Waals surface area contributed by atoms with Gasteiger partial charge in [-0.1, -0.05) is 35.3 Å². The lowest BCUT2D eigenvalue weighted by Gasteiger charge is -2.14. The maximum atomic E-state index is 13.1. The number of hydrogen-bond donors (Lipinski definition) is 0. The molecule has 0 bridgehead atoms. The third kappa shape index (κ3) is 3.26. The fourth-order valence-corrected chi connectivity index (χ4v) is 3.07. The summed E-state index contributed by atoms with van der Waals surface area (Å²) < 4.78 is 13.1. The maximum absolute atomic E-state index is 13.1. The lowest BCUT2D eigenvalue weighted by atomic mass is 9.96. The van der Waals surface area contributed by atoms with E-state index >= 15 is 0 Å². The molecule has 0 spiro atoms. The molecule has 0 aliphatic carbocycles. The van der Waals surface area contributed by atoms with Gasteiger partial charge in [-0.15, -0.1) is 0 Å². The SMILES string of the molecule is N#CC(c1cccc(-c2ccc(F)cc2)n1)c1c(Cl)cccc1Cl. The largest absolute Gasteiger partial charge is 0.251 e. The van der Waals surface area contributed by atoms with E-state index in [1.807, 2.05) is 0 Å². The maximum Gasteiger partial charge on any atom is 0.123 e. The van der Waals surface area contributed by atoms with E-state index in [1.54, 1.807) is 48.5 Å². The minimum Gasteiger partial charge on any atom is -0.251 e. The van der Waals surface area contributed by atoms with Crippen LogP contribution in [0.3, 0.4) is 0 Å². The topological polar surface area (TPSA) is 36.7 Å². The zero-order valence-electron chi connectivity index (χ0n) is 12.4. The Labute approximate surface area is 149 Å². The summed E-state index contributed by atoms with van der Waals surface area (Å²) >= 11 is 12.4.